The summed E-state index contributed by atoms with van der Waals surface area (Å²) in [6, 6.07) is 14.8. The number of morpholine rings is 1. The van der Waals surface area contributed by atoms with Crippen molar-refractivity contribution in [2.45, 2.75) is 20.0 Å². The molecule has 0 unspecified atom stereocenters. The molecule has 0 radical (unpaired) electrons. The molecule has 3 heterocycles. The Morgan fingerprint density at radius 2 is 1.69 bits per heavy atom. The van der Waals surface area contributed by atoms with Gasteiger partial charge in [0, 0.05) is 58.6 Å². The number of piperazine rings is 1. The first-order chi connectivity index (χ1) is 15.3. The lowest BCUT2D eigenvalue weighted by Gasteiger charge is -2.37. The minimum atomic E-state index is 0. The van der Waals surface area contributed by atoms with Crippen molar-refractivity contribution < 1.29 is 4.74 Å². The Bertz CT molecular complexity index is 835. The van der Waals surface area contributed by atoms with E-state index in [0.717, 1.165) is 77.3 Å². The van der Waals surface area contributed by atoms with E-state index in [1.165, 1.54) is 11.1 Å². The van der Waals surface area contributed by atoms with E-state index in [1.54, 1.807) is 0 Å². The van der Waals surface area contributed by atoms with E-state index < -0.39 is 0 Å². The molecule has 2 aliphatic rings. The largest absolute Gasteiger partial charge is 0.379 e. The van der Waals surface area contributed by atoms with Crippen molar-refractivity contribution in [3.63, 3.8) is 0 Å². The monoisotopic (exact) mass is 550 g/mol. The molecule has 0 spiro atoms. The Kier molecular flexibility index (Phi) is 10.0. The lowest BCUT2D eigenvalue weighted by Crippen LogP contribution is -2.52. The second kappa shape index (κ2) is 13.0. The molecule has 0 aliphatic carbocycles. The Morgan fingerprint density at radius 3 is 2.38 bits per heavy atom. The van der Waals surface area contributed by atoms with Gasteiger partial charge in [-0.05, 0) is 30.2 Å². The second-order valence-corrected chi connectivity index (χ2v) is 7.99. The number of halogens is 1. The van der Waals surface area contributed by atoms with Gasteiger partial charge >= 0.3 is 0 Å². The summed E-state index contributed by atoms with van der Waals surface area (Å²) >= 11 is 0. The molecule has 7 nitrogen and oxygen atoms in total. The zero-order valence-electron chi connectivity index (χ0n) is 18.9. The predicted octanol–water partition coefficient (Wildman–Crippen LogP) is 2.82. The van der Waals surface area contributed by atoms with Gasteiger partial charge in [-0.15, -0.1) is 24.0 Å². The van der Waals surface area contributed by atoms with Gasteiger partial charge in [0.05, 0.1) is 19.8 Å². The summed E-state index contributed by atoms with van der Waals surface area (Å²) in [6.45, 7) is 12.1. The van der Waals surface area contributed by atoms with Crippen LogP contribution in [0.3, 0.4) is 0 Å². The van der Waals surface area contributed by atoms with Crippen molar-refractivity contribution in [3.05, 3.63) is 59.8 Å². The molecule has 174 valence electrons. The Hall–Kier alpha value is -1.91. The summed E-state index contributed by atoms with van der Waals surface area (Å²) < 4.78 is 5.49. The molecule has 1 N–H and O–H groups in total. The Labute approximate surface area is 208 Å². The van der Waals surface area contributed by atoms with Gasteiger partial charge in [0.1, 0.15) is 5.82 Å². The minimum absolute atomic E-state index is 0. The average Bonchev–Trinajstić information content (AvgIpc) is 2.84. The summed E-state index contributed by atoms with van der Waals surface area (Å²) in [5.74, 6) is 2.06. The molecule has 0 saturated carbocycles. The molecular formula is C24H35IN6O. The average molecular weight is 550 g/mol. The number of nitrogens with zero attached hydrogens (tertiary/aromatic N) is 5. The first kappa shape index (κ1) is 24.7. The van der Waals surface area contributed by atoms with Crippen LogP contribution in [0.1, 0.15) is 18.1 Å². The molecule has 32 heavy (non-hydrogen) atoms. The number of hydrogen-bond donors (Lipinski definition) is 1. The van der Waals surface area contributed by atoms with Gasteiger partial charge in [-0.3, -0.25) is 4.90 Å². The zero-order valence-corrected chi connectivity index (χ0v) is 21.3. The fraction of sp³-hybridized carbons (Fsp3) is 0.500. The van der Waals surface area contributed by atoms with E-state index in [4.69, 9.17) is 9.73 Å². The van der Waals surface area contributed by atoms with Crippen LogP contribution in [0, 0.1) is 0 Å². The topological polar surface area (TPSA) is 56.2 Å². The highest BCUT2D eigenvalue weighted by Gasteiger charge is 2.20. The van der Waals surface area contributed by atoms with Gasteiger partial charge in [-0.1, -0.05) is 30.3 Å². The van der Waals surface area contributed by atoms with Crippen molar-refractivity contribution in [1.29, 1.82) is 0 Å². The standard InChI is InChI=1S/C24H34N6O.HI/c1-2-25-24(30-13-11-29(12-14-30)23-9-5-6-10-26-23)27-19-21-7-3-4-8-22(21)20-28-15-17-31-18-16-28;/h3-10H,2,11-20H2,1H3,(H,25,27);1H. The Balaban J connectivity index is 0.00000289. The van der Waals surface area contributed by atoms with Crippen LogP contribution >= 0.6 is 24.0 Å². The van der Waals surface area contributed by atoms with Gasteiger partial charge in [-0.2, -0.15) is 0 Å². The van der Waals surface area contributed by atoms with Gasteiger partial charge in [0.15, 0.2) is 5.96 Å². The molecule has 4 rings (SSSR count). The van der Waals surface area contributed by atoms with Crippen molar-refractivity contribution in [1.82, 2.24) is 20.1 Å². The third-order valence-corrected chi connectivity index (χ3v) is 5.90. The molecule has 0 bridgehead atoms. The van der Waals surface area contributed by atoms with E-state index in [9.17, 15) is 0 Å². The van der Waals surface area contributed by atoms with E-state index in [1.807, 2.05) is 12.3 Å². The number of benzene rings is 1. The Morgan fingerprint density at radius 1 is 0.969 bits per heavy atom. The van der Waals surface area contributed by atoms with Crippen LogP contribution in [-0.2, 0) is 17.8 Å². The lowest BCUT2D eigenvalue weighted by molar-refractivity contribution is 0.0341. The molecule has 1 aromatic heterocycles. The third-order valence-electron chi connectivity index (χ3n) is 5.90. The maximum atomic E-state index is 5.49. The summed E-state index contributed by atoms with van der Waals surface area (Å²) in [6.07, 6.45) is 1.86. The number of guanidine groups is 1. The maximum absolute atomic E-state index is 5.49. The number of pyridine rings is 1. The number of aliphatic imine (C=N–C) groups is 1. The molecule has 0 amide bonds. The van der Waals surface area contributed by atoms with E-state index in [0.29, 0.717) is 6.54 Å². The van der Waals surface area contributed by atoms with Crippen LogP contribution < -0.4 is 10.2 Å². The quantitative estimate of drug-likeness (QED) is 0.339. The smallest absolute Gasteiger partial charge is 0.194 e. The van der Waals surface area contributed by atoms with E-state index in [-0.39, 0.29) is 24.0 Å². The highest BCUT2D eigenvalue weighted by Crippen LogP contribution is 2.16. The number of aromatic nitrogens is 1. The number of rotatable bonds is 6. The van der Waals surface area contributed by atoms with Crippen molar-refractivity contribution >= 4 is 35.8 Å². The van der Waals surface area contributed by atoms with Crippen molar-refractivity contribution in [2.24, 2.45) is 4.99 Å². The molecule has 2 aliphatic heterocycles. The van der Waals surface area contributed by atoms with Gasteiger partial charge < -0.3 is 19.9 Å². The maximum Gasteiger partial charge on any atom is 0.194 e. The fourth-order valence-corrected chi connectivity index (χ4v) is 4.14. The van der Waals surface area contributed by atoms with Crippen LogP contribution in [0.25, 0.3) is 0 Å². The minimum Gasteiger partial charge on any atom is -0.379 e. The zero-order chi connectivity index (χ0) is 21.3. The fourth-order valence-electron chi connectivity index (χ4n) is 4.14. The molecule has 8 heteroatoms. The molecule has 1 aromatic carbocycles. The first-order valence-electron chi connectivity index (χ1n) is 11.4. The number of ether oxygens (including phenoxy) is 1. The number of anilines is 1. The van der Waals surface area contributed by atoms with E-state index >= 15 is 0 Å². The SMILES string of the molecule is CCNC(=NCc1ccccc1CN1CCOCC1)N1CCN(c2ccccn2)CC1.I. The van der Waals surface area contributed by atoms with Crippen molar-refractivity contribution in [3.8, 4) is 0 Å². The van der Waals surface area contributed by atoms with Crippen LogP contribution in [0.5, 0.6) is 0 Å². The third kappa shape index (κ3) is 6.79. The molecule has 2 saturated heterocycles. The summed E-state index contributed by atoms with van der Waals surface area (Å²) in [5.41, 5.74) is 2.67. The normalized spacial score (nSPS) is 17.7. The van der Waals surface area contributed by atoms with Crippen LogP contribution in [0.4, 0.5) is 5.82 Å². The molecule has 2 aromatic rings. The van der Waals surface area contributed by atoms with E-state index in [2.05, 4.69) is 68.3 Å². The summed E-state index contributed by atoms with van der Waals surface area (Å²) in [4.78, 5) is 16.7. The number of hydrogen-bond acceptors (Lipinski definition) is 5. The summed E-state index contributed by atoms with van der Waals surface area (Å²) in [7, 11) is 0. The van der Waals surface area contributed by atoms with Crippen LogP contribution in [0.15, 0.2) is 53.7 Å². The highest BCUT2D eigenvalue weighted by atomic mass is 127. The van der Waals surface area contributed by atoms with Crippen molar-refractivity contribution in [2.75, 3.05) is 63.9 Å². The van der Waals surface area contributed by atoms with Crippen LogP contribution in [-0.4, -0.2) is 79.8 Å². The van der Waals surface area contributed by atoms with Gasteiger partial charge in [0.25, 0.3) is 0 Å². The molecule has 0 atom stereocenters. The highest BCUT2D eigenvalue weighted by molar-refractivity contribution is 14.0. The predicted molar refractivity (Wildman–Crippen MR) is 141 cm³/mol. The second-order valence-electron chi connectivity index (χ2n) is 7.99. The first-order valence-corrected chi connectivity index (χ1v) is 11.4. The molecular weight excluding hydrogens is 515 g/mol. The summed E-state index contributed by atoms with van der Waals surface area (Å²) in [5, 5.41) is 3.49. The molecule has 2 fully saturated rings. The van der Waals surface area contributed by atoms with Gasteiger partial charge in [0.2, 0.25) is 0 Å². The van der Waals surface area contributed by atoms with Gasteiger partial charge in [-0.25, -0.2) is 9.98 Å². The number of nitrogens with one attached hydrogen (secondary N) is 1. The van der Waals surface area contributed by atoms with Crippen LogP contribution in [0.2, 0.25) is 0 Å². The lowest BCUT2D eigenvalue weighted by atomic mass is 10.1.